The van der Waals surface area contributed by atoms with Gasteiger partial charge < -0.3 is 9.84 Å². The van der Waals surface area contributed by atoms with Gasteiger partial charge in [-0.1, -0.05) is 5.16 Å². The fourth-order valence-corrected chi connectivity index (χ4v) is 1.44. The van der Waals surface area contributed by atoms with Crippen LogP contribution in [0.15, 0.2) is 29.0 Å². The molecule has 2 rings (SSSR count). The summed E-state index contributed by atoms with van der Waals surface area (Å²) in [5.74, 6) is 0.425. The molecule has 0 aliphatic heterocycles. The van der Waals surface area contributed by atoms with E-state index in [0.29, 0.717) is 18.0 Å². The molecule has 2 heterocycles. The number of aromatic nitrogens is 3. The van der Waals surface area contributed by atoms with E-state index in [2.05, 4.69) is 15.6 Å². The van der Waals surface area contributed by atoms with Crippen molar-refractivity contribution in [3.05, 3.63) is 36.0 Å². The lowest BCUT2D eigenvalue weighted by Gasteiger charge is -2.03. The van der Waals surface area contributed by atoms with Crippen molar-refractivity contribution in [1.82, 2.24) is 20.3 Å². The number of nitrogens with zero attached hydrogens (tertiary/aromatic N) is 3. The minimum Gasteiger partial charge on any atom is -0.361 e. The largest absolute Gasteiger partial charge is 0.361 e. The zero-order chi connectivity index (χ0) is 12.1. The number of hydrogen-bond acceptors (Lipinski definition) is 4. The van der Waals surface area contributed by atoms with Gasteiger partial charge >= 0.3 is 0 Å². The Morgan fingerprint density at radius 2 is 2.47 bits per heavy atom. The van der Waals surface area contributed by atoms with E-state index in [9.17, 15) is 4.79 Å². The third kappa shape index (κ3) is 3.17. The van der Waals surface area contributed by atoms with Gasteiger partial charge in [0.15, 0.2) is 5.69 Å². The van der Waals surface area contributed by atoms with Gasteiger partial charge in [0.05, 0.1) is 0 Å². The maximum atomic E-state index is 11.6. The molecular formula is C11H14N4O2. The molecule has 0 aliphatic rings. The second-order valence-corrected chi connectivity index (χ2v) is 3.70. The molecule has 0 atom stereocenters. The highest BCUT2D eigenvalue weighted by Gasteiger charge is 2.09. The van der Waals surface area contributed by atoms with Crippen molar-refractivity contribution in [3.8, 4) is 0 Å². The molecule has 0 aliphatic carbocycles. The lowest BCUT2D eigenvalue weighted by Crippen LogP contribution is -2.25. The fourth-order valence-electron chi connectivity index (χ4n) is 1.44. The third-order valence-corrected chi connectivity index (χ3v) is 2.27. The quantitative estimate of drug-likeness (QED) is 0.783. The van der Waals surface area contributed by atoms with E-state index >= 15 is 0 Å². The van der Waals surface area contributed by atoms with Crippen LogP contribution in [0.3, 0.4) is 0 Å². The van der Waals surface area contributed by atoms with Gasteiger partial charge in [-0.05, 0) is 19.4 Å². The Labute approximate surface area is 98.6 Å². The van der Waals surface area contributed by atoms with Crippen LogP contribution in [0.1, 0.15) is 22.7 Å². The average molecular weight is 234 g/mol. The van der Waals surface area contributed by atoms with Crippen LogP contribution in [0.2, 0.25) is 0 Å². The second-order valence-electron chi connectivity index (χ2n) is 3.70. The summed E-state index contributed by atoms with van der Waals surface area (Å²) >= 11 is 0. The molecule has 0 bridgehead atoms. The first-order valence-corrected chi connectivity index (χ1v) is 5.44. The van der Waals surface area contributed by atoms with Crippen molar-refractivity contribution in [2.45, 2.75) is 19.9 Å². The maximum absolute atomic E-state index is 11.6. The van der Waals surface area contributed by atoms with Crippen molar-refractivity contribution in [1.29, 1.82) is 0 Å². The van der Waals surface area contributed by atoms with Crippen LogP contribution in [0.4, 0.5) is 0 Å². The zero-order valence-electron chi connectivity index (χ0n) is 9.59. The summed E-state index contributed by atoms with van der Waals surface area (Å²) < 4.78 is 6.65. The van der Waals surface area contributed by atoms with Crippen molar-refractivity contribution < 1.29 is 9.32 Å². The fraction of sp³-hybridized carbons (Fsp3) is 0.364. The molecule has 2 aromatic rings. The molecule has 0 fully saturated rings. The summed E-state index contributed by atoms with van der Waals surface area (Å²) in [6.07, 6.45) is 4.45. The van der Waals surface area contributed by atoms with Crippen molar-refractivity contribution >= 4 is 5.91 Å². The Morgan fingerprint density at radius 3 is 3.12 bits per heavy atom. The van der Waals surface area contributed by atoms with Gasteiger partial charge in [0, 0.05) is 31.5 Å². The third-order valence-electron chi connectivity index (χ3n) is 2.27. The molecule has 0 unspecified atom stereocenters. The highest BCUT2D eigenvalue weighted by Crippen LogP contribution is 2.00. The Kier molecular flexibility index (Phi) is 3.54. The molecule has 0 saturated heterocycles. The van der Waals surface area contributed by atoms with Crippen LogP contribution in [0.25, 0.3) is 0 Å². The maximum Gasteiger partial charge on any atom is 0.273 e. The van der Waals surface area contributed by atoms with Crippen LogP contribution >= 0.6 is 0 Å². The Morgan fingerprint density at radius 1 is 1.59 bits per heavy atom. The number of carbonyl (C=O) groups excluding carboxylic acids is 1. The average Bonchev–Trinajstić information content (AvgIpc) is 2.95. The van der Waals surface area contributed by atoms with Gasteiger partial charge in [-0.2, -0.15) is 5.10 Å². The van der Waals surface area contributed by atoms with Gasteiger partial charge in [-0.25, -0.2) is 0 Å². The molecule has 90 valence electrons. The van der Waals surface area contributed by atoms with E-state index in [0.717, 1.165) is 13.0 Å². The lowest BCUT2D eigenvalue weighted by atomic mass is 10.3. The van der Waals surface area contributed by atoms with Gasteiger partial charge in [0.1, 0.15) is 5.76 Å². The Balaban J connectivity index is 1.70. The van der Waals surface area contributed by atoms with E-state index in [-0.39, 0.29) is 5.91 Å². The number of rotatable bonds is 5. The summed E-state index contributed by atoms with van der Waals surface area (Å²) in [6, 6.07) is 3.49. The van der Waals surface area contributed by atoms with Crippen LogP contribution < -0.4 is 5.32 Å². The molecule has 17 heavy (non-hydrogen) atoms. The van der Waals surface area contributed by atoms with Crippen LogP contribution in [-0.4, -0.2) is 27.4 Å². The molecule has 0 saturated carbocycles. The number of carbonyl (C=O) groups is 1. The van der Waals surface area contributed by atoms with E-state index in [1.807, 2.05) is 16.9 Å². The molecular weight excluding hydrogens is 220 g/mol. The highest BCUT2D eigenvalue weighted by atomic mass is 16.5. The molecule has 1 amide bonds. The molecule has 0 aromatic carbocycles. The summed E-state index contributed by atoms with van der Waals surface area (Å²) in [6.45, 7) is 3.12. The van der Waals surface area contributed by atoms with Crippen molar-refractivity contribution in [2.24, 2.45) is 0 Å². The van der Waals surface area contributed by atoms with Gasteiger partial charge in [0.25, 0.3) is 5.91 Å². The zero-order valence-corrected chi connectivity index (χ0v) is 9.59. The normalized spacial score (nSPS) is 10.4. The Bertz CT molecular complexity index is 475. The van der Waals surface area contributed by atoms with E-state index in [1.165, 1.54) is 0 Å². The predicted molar refractivity (Wildman–Crippen MR) is 60.4 cm³/mol. The number of nitrogens with one attached hydrogen (secondary N) is 1. The van der Waals surface area contributed by atoms with E-state index < -0.39 is 0 Å². The lowest BCUT2D eigenvalue weighted by molar-refractivity contribution is 0.0943. The molecule has 6 nitrogen and oxygen atoms in total. The van der Waals surface area contributed by atoms with Crippen molar-refractivity contribution in [3.63, 3.8) is 0 Å². The number of hydrogen-bond donors (Lipinski definition) is 1. The molecule has 2 aromatic heterocycles. The van der Waals surface area contributed by atoms with E-state index in [1.54, 1.807) is 19.2 Å². The van der Waals surface area contributed by atoms with E-state index in [4.69, 9.17) is 4.52 Å². The number of amides is 1. The minimum absolute atomic E-state index is 0.206. The van der Waals surface area contributed by atoms with Gasteiger partial charge in [0.2, 0.25) is 0 Å². The first kappa shape index (κ1) is 11.4. The van der Waals surface area contributed by atoms with Crippen LogP contribution in [0, 0.1) is 6.92 Å². The van der Waals surface area contributed by atoms with Gasteiger partial charge in [-0.15, -0.1) is 0 Å². The molecule has 1 N–H and O–H groups in total. The summed E-state index contributed by atoms with van der Waals surface area (Å²) in [4.78, 5) is 11.6. The summed E-state index contributed by atoms with van der Waals surface area (Å²) in [5.41, 5.74) is 0.321. The molecule has 0 spiro atoms. The Hall–Kier alpha value is -2.11. The minimum atomic E-state index is -0.206. The second kappa shape index (κ2) is 5.29. The van der Waals surface area contributed by atoms with Gasteiger partial charge in [-0.3, -0.25) is 9.48 Å². The highest BCUT2D eigenvalue weighted by molar-refractivity contribution is 5.92. The topological polar surface area (TPSA) is 73.0 Å². The van der Waals surface area contributed by atoms with Crippen LogP contribution in [-0.2, 0) is 6.54 Å². The smallest absolute Gasteiger partial charge is 0.273 e. The standard InChI is InChI=1S/C11H14N4O2/c1-9-8-10(14-17-9)11(16)12-4-2-6-15-7-3-5-13-15/h3,5,7-8H,2,4,6H2,1H3,(H,12,16). The number of aryl methyl sites for hydroxylation is 2. The molecule has 6 heteroatoms. The monoisotopic (exact) mass is 234 g/mol. The molecule has 0 radical (unpaired) electrons. The summed E-state index contributed by atoms with van der Waals surface area (Å²) in [7, 11) is 0. The predicted octanol–water partition coefficient (Wildman–Crippen LogP) is 1.000. The first-order valence-electron chi connectivity index (χ1n) is 5.44. The summed E-state index contributed by atoms with van der Waals surface area (Å²) in [5, 5.41) is 10.5. The first-order chi connectivity index (χ1) is 8.25. The van der Waals surface area contributed by atoms with Crippen molar-refractivity contribution in [2.75, 3.05) is 6.54 Å². The van der Waals surface area contributed by atoms with Crippen LogP contribution in [0.5, 0.6) is 0 Å². The SMILES string of the molecule is Cc1cc(C(=O)NCCCn2cccn2)no1.